The van der Waals surface area contributed by atoms with Gasteiger partial charge in [-0.05, 0) is 32.2 Å². The molecular weight excluding hydrogens is 462 g/mol. The topological polar surface area (TPSA) is 250 Å². The smallest absolute Gasteiger partial charge is 0.326 e. The summed E-state index contributed by atoms with van der Waals surface area (Å²) in [6, 6.07) is -4.22. The van der Waals surface area contributed by atoms with E-state index in [0.717, 1.165) is 6.42 Å². The van der Waals surface area contributed by atoms with Crippen LogP contribution < -0.4 is 32.7 Å². The van der Waals surface area contributed by atoms with E-state index in [9.17, 15) is 29.4 Å². The van der Waals surface area contributed by atoms with Crippen LogP contribution in [0.4, 0.5) is 0 Å². The van der Waals surface area contributed by atoms with Crippen molar-refractivity contribution in [2.45, 2.75) is 56.3 Å². The highest BCUT2D eigenvalue weighted by Crippen LogP contribution is 2.06. The van der Waals surface area contributed by atoms with E-state index in [1.807, 2.05) is 0 Å². The van der Waals surface area contributed by atoms with Gasteiger partial charge in [0.15, 0.2) is 5.96 Å². The van der Waals surface area contributed by atoms with Gasteiger partial charge in [0.25, 0.3) is 0 Å². The Labute approximate surface area is 201 Å². The molecule has 0 bridgehead atoms. The number of nitrogens with one attached hydrogen (secondary N) is 5. The molecule has 0 radical (unpaired) electrons. The van der Waals surface area contributed by atoms with Crippen LogP contribution >= 0.6 is 0 Å². The number of carboxylic acids is 1. The number of imidazole rings is 1. The number of guanidine groups is 1. The van der Waals surface area contributed by atoms with Gasteiger partial charge in [0.2, 0.25) is 17.7 Å². The SMILES string of the molecule is NC(N)=NCCCC(NC(=O)C(CO)NC(=O)C1CCCN1)C(=O)NC(Cc1cnc[nH]1)C(=O)O. The fourth-order valence-electron chi connectivity index (χ4n) is 3.51. The number of amides is 3. The van der Waals surface area contributed by atoms with Crippen molar-refractivity contribution in [1.29, 1.82) is 0 Å². The largest absolute Gasteiger partial charge is 0.480 e. The number of aliphatic imine (C=N–C) groups is 1. The van der Waals surface area contributed by atoms with Gasteiger partial charge in [-0.25, -0.2) is 9.78 Å². The molecule has 4 atom stereocenters. The molecule has 1 aromatic heterocycles. The highest BCUT2D eigenvalue weighted by molar-refractivity contribution is 5.94. The number of aliphatic hydroxyl groups is 1. The number of carbonyl (C=O) groups is 4. The van der Waals surface area contributed by atoms with Crippen LogP contribution in [-0.4, -0.2) is 93.7 Å². The van der Waals surface area contributed by atoms with E-state index in [1.165, 1.54) is 12.5 Å². The van der Waals surface area contributed by atoms with Crippen LogP contribution in [0.15, 0.2) is 17.5 Å². The summed E-state index contributed by atoms with van der Waals surface area (Å²) >= 11 is 0. The Hall–Kier alpha value is -3.72. The second-order valence-electron chi connectivity index (χ2n) is 8.08. The minimum Gasteiger partial charge on any atom is -0.480 e. The monoisotopic (exact) mass is 495 g/mol. The molecular formula is C20H33N9O6. The summed E-state index contributed by atoms with van der Waals surface area (Å²) in [4.78, 5) is 60.1. The van der Waals surface area contributed by atoms with E-state index in [0.29, 0.717) is 18.7 Å². The lowest BCUT2D eigenvalue weighted by Gasteiger charge is -2.24. The summed E-state index contributed by atoms with van der Waals surface area (Å²) < 4.78 is 0. The normalized spacial score (nSPS) is 17.6. The number of carbonyl (C=O) groups excluding carboxylic acids is 3. The molecule has 2 rings (SSSR count). The maximum atomic E-state index is 12.9. The Kier molecular flexibility index (Phi) is 10.9. The molecule has 0 spiro atoms. The van der Waals surface area contributed by atoms with Gasteiger partial charge >= 0.3 is 5.97 Å². The Balaban J connectivity index is 2.06. The molecule has 3 amide bonds. The van der Waals surface area contributed by atoms with Crippen molar-refractivity contribution in [3.8, 4) is 0 Å². The molecule has 194 valence electrons. The molecule has 0 aromatic carbocycles. The molecule has 1 aliphatic heterocycles. The third-order valence-corrected chi connectivity index (χ3v) is 5.36. The molecule has 2 heterocycles. The molecule has 1 aromatic rings. The van der Waals surface area contributed by atoms with Crippen LogP contribution in [0.25, 0.3) is 0 Å². The van der Waals surface area contributed by atoms with Gasteiger partial charge < -0.3 is 47.9 Å². The molecule has 0 aliphatic carbocycles. The number of aromatic nitrogens is 2. The van der Waals surface area contributed by atoms with E-state index in [1.54, 1.807) is 0 Å². The number of hydrogen-bond acceptors (Lipinski definition) is 8. The van der Waals surface area contributed by atoms with Crippen LogP contribution in [-0.2, 0) is 25.6 Å². The summed E-state index contributed by atoms with van der Waals surface area (Å²) in [6.07, 6.45) is 4.54. The van der Waals surface area contributed by atoms with E-state index >= 15 is 0 Å². The van der Waals surface area contributed by atoms with Gasteiger partial charge in [-0.3, -0.25) is 19.4 Å². The number of nitrogens with zero attached hydrogens (tertiary/aromatic N) is 2. The maximum Gasteiger partial charge on any atom is 0.326 e. The third-order valence-electron chi connectivity index (χ3n) is 5.36. The molecule has 1 saturated heterocycles. The Morgan fingerprint density at radius 3 is 2.43 bits per heavy atom. The molecule has 35 heavy (non-hydrogen) atoms. The first-order valence-electron chi connectivity index (χ1n) is 11.2. The zero-order chi connectivity index (χ0) is 25.8. The molecule has 4 unspecified atom stereocenters. The number of aromatic amines is 1. The molecule has 15 heteroatoms. The molecule has 0 saturated carbocycles. The van der Waals surface area contributed by atoms with E-state index in [-0.39, 0.29) is 31.8 Å². The summed E-state index contributed by atoms with van der Waals surface area (Å²) in [7, 11) is 0. The van der Waals surface area contributed by atoms with Crippen molar-refractivity contribution in [2.75, 3.05) is 19.7 Å². The van der Waals surface area contributed by atoms with Gasteiger partial charge in [-0.2, -0.15) is 0 Å². The lowest BCUT2D eigenvalue weighted by Crippen LogP contribution is -2.58. The first-order chi connectivity index (χ1) is 16.7. The van der Waals surface area contributed by atoms with Crippen LogP contribution in [0.2, 0.25) is 0 Å². The highest BCUT2D eigenvalue weighted by atomic mass is 16.4. The van der Waals surface area contributed by atoms with E-state index in [2.05, 4.69) is 36.2 Å². The third kappa shape index (κ3) is 9.21. The molecule has 1 fully saturated rings. The first-order valence-corrected chi connectivity index (χ1v) is 11.2. The van der Waals surface area contributed by atoms with Crippen molar-refractivity contribution in [2.24, 2.45) is 16.5 Å². The quantitative estimate of drug-likeness (QED) is 0.0693. The van der Waals surface area contributed by atoms with Crippen LogP contribution in [0, 0.1) is 0 Å². The van der Waals surface area contributed by atoms with Crippen molar-refractivity contribution >= 4 is 29.7 Å². The van der Waals surface area contributed by atoms with Crippen molar-refractivity contribution in [3.05, 3.63) is 18.2 Å². The lowest BCUT2D eigenvalue weighted by atomic mass is 10.1. The average molecular weight is 496 g/mol. The predicted molar refractivity (Wildman–Crippen MR) is 124 cm³/mol. The van der Waals surface area contributed by atoms with Gasteiger partial charge in [0, 0.05) is 24.9 Å². The summed E-state index contributed by atoms with van der Waals surface area (Å²) in [5, 5.41) is 29.5. The maximum absolute atomic E-state index is 12.9. The zero-order valence-electron chi connectivity index (χ0n) is 19.2. The number of nitrogens with two attached hydrogens (primary N) is 2. The minimum atomic E-state index is -1.29. The van der Waals surface area contributed by atoms with Crippen molar-refractivity contribution in [1.82, 2.24) is 31.2 Å². The molecule has 15 nitrogen and oxygen atoms in total. The van der Waals surface area contributed by atoms with Crippen molar-refractivity contribution < 1.29 is 29.4 Å². The average Bonchev–Trinajstić information content (AvgIpc) is 3.52. The fraction of sp³-hybridized carbons (Fsp3) is 0.600. The number of aliphatic hydroxyl groups excluding tert-OH is 1. The molecule has 11 N–H and O–H groups in total. The van der Waals surface area contributed by atoms with Crippen LogP contribution in [0.5, 0.6) is 0 Å². The number of H-pyrrole nitrogens is 1. The minimum absolute atomic E-state index is 0.0561. The number of rotatable bonds is 14. The van der Waals surface area contributed by atoms with Gasteiger partial charge in [-0.15, -0.1) is 0 Å². The number of aliphatic carboxylic acids is 1. The summed E-state index contributed by atoms with van der Waals surface area (Å²) in [5.41, 5.74) is 11.1. The standard InChI is InChI=1S/C20H33N9O6/c21-20(22)25-6-2-4-13(17(32)28-14(19(34)35)7-11-8-23-10-26-11)27-18(33)15(9-30)29-16(31)12-3-1-5-24-12/h8,10,12-15,24,30H,1-7,9H2,(H,23,26)(H,27,33)(H,28,32)(H,29,31)(H,34,35)(H4,21,22,25). The van der Waals surface area contributed by atoms with Crippen LogP contribution in [0.3, 0.4) is 0 Å². The van der Waals surface area contributed by atoms with E-state index < -0.39 is 54.5 Å². The summed E-state index contributed by atoms with van der Waals surface area (Å²) in [6.45, 7) is 0.158. The van der Waals surface area contributed by atoms with Crippen molar-refractivity contribution in [3.63, 3.8) is 0 Å². The van der Waals surface area contributed by atoms with Gasteiger partial charge in [0.1, 0.15) is 18.1 Å². The zero-order valence-corrected chi connectivity index (χ0v) is 19.2. The van der Waals surface area contributed by atoms with Gasteiger partial charge in [0.05, 0.1) is 19.0 Å². The number of carboxylic acid groups (broad SMARTS) is 1. The van der Waals surface area contributed by atoms with Crippen LogP contribution in [0.1, 0.15) is 31.4 Å². The second kappa shape index (κ2) is 13.9. The highest BCUT2D eigenvalue weighted by Gasteiger charge is 2.31. The van der Waals surface area contributed by atoms with Gasteiger partial charge in [-0.1, -0.05) is 0 Å². The fourth-order valence-corrected chi connectivity index (χ4v) is 3.51. The Morgan fingerprint density at radius 1 is 1.14 bits per heavy atom. The molecule has 1 aliphatic rings. The Morgan fingerprint density at radius 2 is 1.86 bits per heavy atom. The summed E-state index contributed by atoms with van der Waals surface area (Å²) in [5.74, 6) is -3.39. The Bertz CT molecular complexity index is 882. The predicted octanol–water partition coefficient (Wildman–Crippen LogP) is -3.71. The lowest BCUT2D eigenvalue weighted by molar-refractivity contribution is -0.142. The first kappa shape index (κ1) is 27.5. The number of hydrogen-bond donors (Lipinski definition) is 9. The van der Waals surface area contributed by atoms with E-state index in [4.69, 9.17) is 11.5 Å². The second-order valence-corrected chi connectivity index (χ2v) is 8.08.